The van der Waals surface area contributed by atoms with Crippen molar-refractivity contribution in [2.75, 3.05) is 0 Å². The fraction of sp³-hybridized carbons (Fsp3) is 1.00. The van der Waals surface area contributed by atoms with Crippen LogP contribution in [0.1, 0.15) is 46.0 Å². The van der Waals surface area contributed by atoms with Gasteiger partial charge in [-0.1, -0.05) is 37.8 Å². The summed E-state index contributed by atoms with van der Waals surface area (Å²) in [5.41, 5.74) is 0. The lowest BCUT2D eigenvalue weighted by molar-refractivity contribution is -0.329. The highest BCUT2D eigenvalue weighted by molar-refractivity contribution is 4.53. The molecule has 11 heavy (non-hydrogen) atoms. The Balaban J connectivity index is 3.10. The standard InChI is InChI=1S/C8H19NO2/c1-3-4-5-6-7-8(2)9(10)11/h8,10-11H,3-7H2,1-2H3. The van der Waals surface area contributed by atoms with Gasteiger partial charge in [-0.25, -0.2) is 0 Å². The Labute approximate surface area is 68.6 Å². The summed E-state index contributed by atoms with van der Waals surface area (Å²) in [7, 11) is 0. The van der Waals surface area contributed by atoms with Crippen molar-refractivity contribution < 1.29 is 10.4 Å². The van der Waals surface area contributed by atoms with E-state index in [0.717, 1.165) is 12.8 Å². The maximum atomic E-state index is 8.57. The molecule has 0 aliphatic carbocycles. The second-order valence-corrected chi connectivity index (χ2v) is 3.02. The molecule has 0 saturated carbocycles. The maximum Gasteiger partial charge on any atom is 0.0595 e. The monoisotopic (exact) mass is 161 g/mol. The van der Waals surface area contributed by atoms with Gasteiger partial charge in [-0.15, -0.1) is 0 Å². The van der Waals surface area contributed by atoms with Gasteiger partial charge in [0.05, 0.1) is 6.04 Å². The summed E-state index contributed by atoms with van der Waals surface area (Å²) in [5, 5.41) is 17.4. The van der Waals surface area contributed by atoms with E-state index in [4.69, 9.17) is 10.4 Å². The highest BCUT2D eigenvalue weighted by Crippen LogP contribution is 2.07. The molecule has 0 aromatic heterocycles. The third kappa shape index (κ3) is 6.28. The first-order chi connectivity index (χ1) is 5.18. The van der Waals surface area contributed by atoms with Crippen molar-refractivity contribution in [2.24, 2.45) is 0 Å². The number of hydrogen-bond acceptors (Lipinski definition) is 3. The Morgan fingerprint density at radius 1 is 1.18 bits per heavy atom. The largest absolute Gasteiger partial charge is 0.289 e. The first kappa shape index (κ1) is 10.9. The zero-order valence-electron chi connectivity index (χ0n) is 7.45. The van der Waals surface area contributed by atoms with Crippen molar-refractivity contribution >= 4 is 0 Å². The first-order valence-electron chi connectivity index (χ1n) is 4.35. The third-order valence-corrected chi connectivity index (χ3v) is 1.87. The summed E-state index contributed by atoms with van der Waals surface area (Å²) in [5.74, 6) is 0. The lowest BCUT2D eigenvalue weighted by atomic mass is 10.1. The van der Waals surface area contributed by atoms with Gasteiger partial charge in [0.15, 0.2) is 0 Å². The molecule has 0 aliphatic rings. The van der Waals surface area contributed by atoms with Crippen LogP contribution in [0.25, 0.3) is 0 Å². The van der Waals surface area contributed by atoms with E-state index < -0.39 is 0 Å². The van der Waals surface area contributed by atoms with E-state index in [1.54, 1.807) is 6.92 Å². The van der Waals surface area contributed by atoms with Gasteiger partial charge in [0.25, 0.3) is 0 Å². The molecule has 0 radical (unpaired) electrons. The normalized spacial score (nSPS) is 13.9. The van der Waals surface area contributed by atoms with E-state index in [1.807, 2.05) is 0 Å². The quantitative estimate of drug-likeness (QED) is 0.464. The third-order valence-electron chi connectivity index (χ3n) is 1.87. The number of unbranched alkanes of at least 4 members (excludes halogenated alkanes) is 3. The minimum absolute atomic E-state index is 0.133. The Bertz CT molecular complexity index is 86.2. The second kappa shape index (κ2) is 6.58. The zero-order chi connectivity index (χ0) is 8.69. The van der Waals surface area contributed by atoms with Crippen molar-refractivity contribution in [3.63, 3.8) is 0 Å². The van der Waals surface area contributed by atoms with E-state index in [1.165, 1.54) is 19.3 Å². The van der Waals surface area contributed by atoms with Crippen molar-refractivity contribution in [1.82, 2.24) is 5.23 Å². The molecule has 0 heterocycles. The minimum Gasteiger partial charge on any atom is -0.289 e. The minimum atomic E-state index is -0.133. The molecule has 0 saturated heterocycles. The van der Waals surface area contributed by atoms with Crippen LogP contribution in [0.2, 0.25) is 0 Å². The van der Waals surface area contributed by atoms with Gasteiger partial charge in [-0.3, -0.25) is 10.4 Å². The van der Waals surface area contributed by atoms with Crippen LogP contribution < -0.4 is 0 Å². The molecule has 0 amide bonds. The fourth-order valence-corrected chi connectivity index (χ4v) is 0.982. The van der Waals surface area contributed by atoms with Gasteiger partial charge < -0.3 is 0 Å². The molecule has 68 valence electrons. The van der Waals surface area contributed by atoms with Gasteiger partial charge in [0, 0.05) is 0 Å². The van der Waals surface area contributed by atoms with E-state index >= 15 is 0 Å². The Hall–Kier alpha value is -0.120. The van der Waals surface area contributed by atoms with Gasteiger partial charge in [-0.05, 0) is 13.3 Å². The molecule has 0 aliphatic heterocycles. The van der Waals surface area contributed by atoms with Crippen molar-refractivity contribution in [1.29, 1.82) is 0 Å². The molecular weight excluding hydrogens is 142 g/mol. The topological polar surface area (TPSA) is 43.7 Å². The van der Waals surface area contributed by atoms with Crippen LogP contribution in [0, 0.1) is 0 Å². The molecule has 0 aromatic carbocycles. The molecule has 3 heteroatoms. The molecule has 0 bridgehead atoms. The average Bonchev–Trinajstić information content (AvgIpc) is 1.97. The zero-order valence-corrected chi connectivity index (χ0v) is 7.45. The molecule has 1 atom stereocenters. The smallest absolute Gasteiger partial charge is 0.0595 e. The number of hydroxylamine groups is 2. The van der Waals surface area contributed by atoms with Crippen LogP contribution in [-0.2, 0) is 0 Å². The van der Waals surface area contributed by atoms with Crippen LogP contribution in [0.4, 0.5) is 0 Å². The molecule has 3 nitrogen and oxygen atoms in total. The molecule has 1 unspecified atom stereocenters. The van der Waals surface area contributed by atoms with Crippen LogP contribution in [0.5, 0.6) is 0 Å². The fourth-order valence-electron chi connectivity index (χ4n) is 0.982. The molecule has 0 fully saturated rings. The van der Waals surface area contributed by atoms with Crippen LogP contribution in [-0.4, -0.2) is 21.7 Å². The van der Waals surface area contributed by atoms with Crippen LogP contribution in [0.15, 0.2) is 0 Å². The van der Waals surface area contributed by atoms with Gasteiger partial charge in [0.1, 0.15) is 0 Å². The van der Waals surface area contributed by atoms with E-state index in [9.17, 15) is 0 Å². The second-order valence-electron chi connectivity index (χ2n) is 3.02. The Morgan fingerprint density at radius 3 is 2.27 bits per heavy atom. The van der Waals surface area contributed by atoms with Gasteiger partial charge in [0.2, 0.25) is 0 Å². The molecule has 0 rings (SSSR count). The van der Waals surface area contributed by atoms with Gasteiger partial charge in [-0.2, -0.15) is 0 Å². The number of hydrogen-bond donors (Lipinski definition) is 2. The first-order valence-corrected chi connectivity index (χ1v) is 4.35. The molecule has 0 aromatic rings. The summed E-state index contributed by atoms with van der Waals surface area (Å²) in [6.45, 7) is 3.96. The Morgan fingerprint density at radius 2 is 1.82 bits per heavy atom. The predicted octanol–water partition coefficient (Wildman–Crippen LogP) is 2.43. The average molecular weight is 161 g/mol. The van der Waals surface area contributed by atoms with E-state index in [-0.39, 0.29) is 6.04 Å². The predicted molar refractivity (Wildman–Crippen MR) is 43.6 cm³/mol. The van der Waals surface area contributed by atoms with Crippen LogP contribution >= 0.6 is 0 Å². The SMILES string of the molecule is CCCCCCC(C)N(O)O. The van der Waals surface area contributed by atoms with Crippen LogP contribution in [0.3, 0.4) is 0 Å². The number of nitrogens with zero attached hydrogens (tertiary/aromatic N) is 1. The summed E-state index contributed by atoms with van der Waals surface area (Å²) in [4.78, 5) is 0. The van der Waals surface area contributed by atoms with E-state index in [2.05, 4.69) is 6.92 Å². The Kier molecular flexibility index (Phi) is 6.51. The highest BCUT2D eigenvalue weighted by Gasteiger charge is 2.06. The summed E-state index contributed by atoms with van der Waals surface area (Å²) >= 11 is 0. The molecule has 2 N–H and O–H groups in total. The van der Waals surface area contributed by atoms with E-state index in [0.29, 0.717) is 5.23 Å². The summed E-state index contributed by atoms with van der Waals surface area (Å²) in [6, 6.07) is -0.133. The lowest BCUT2D eigenvalue weighted by Gasteiger charge is -2.14. The maximum absolute atomic E-state index is 8.57. The number of rotatable bonds is 6. The van der Waals surface area contributed by atoms with Crippen molar-refractivity contribution in [3.05, 3.63) is 0 Å². The molecule has 0 spiro atoms. The highest BCUT2D eigenvalue weighted by atomic mass is 16.8. The molecular formula is C8H19NO2. The van der Waals surface area contributed by atoms with Gasteiger partial charge >= 0.3 is 0 Å². The summed E-state index contributed by atoms with van der Waals surface area (Å²) < 4.78 is 0. The van der Waals surface area contributed by atoms with Crippen molar-refractivity contribution in [3.8, 4) is 0 Å². The summed E-state index contributed by atoms with van der Waals surface area (Å²) in [6.07, 6.45) is 5.58. The van der Waals surface area contributed by atoms with Crippen molar-refractivity contribution in [2.45, 2.75) is 52.0 Å². The lowest BCUT2D eigenvalue weighted by Crippen LogP contribution is -2.25.